The van der Waals surface area contributed by atoms with Crippen molar-refractivity contribution in [3.05, 3.63) is 35.9 Å². The molecule has 1 aromatic rings. The lowest BCUT2D eigenvalue weighted by atomic mass is 9.89. The third-order valence-electron chi connectivity index (χ3n) is 4.34. The van der Waals surface area contributed by atoms with E-state index in [1.807, 2.05) is 0 Å². The zero-order valence-corrected chi connectivity index (χ0v) is 11.1. The highest BCUT2D eigenvalue weighted by atomic mass is 16.5. The lowest BCUT2D eigenvalue weighted by Gasteiger charge is -2.33. The fraction of sp³-hybridized carbons (Fsp3) is 0.625. The number of piperidine rings is 1. The summed E-state index contributed by atoms with van der Waals surface area (Å²) in [6.45, 7) is 4.60. The molecule has 2 nitrogen and oxygen atoms in total. The highest BCUT2D eigenvalue weighted by Crippen LogP contribution is 2.28. The standard InChI is InChI=1S/C16H23NO/c1-2-5-14(6-3-1)15-8-10-17(11-9-15)13-16-7-4-12-18-16/h1-3,5-6,15-16H,4,7-13H2. The number of ether oxygens (including phenoxy) is 1. The Balaban J connectivity index is 1.49. The van der Waals surface area contributed by atoms with Crippen molar-refractivity contribution in [2.75, 3.05) is 26.2 Å². The van der Waals surface area contributed by atoms with Crippen LogP contribution in [0.5, 0.6) is 0 Å². The van der Waals surface area contributed by atoms with Crippen LogP contribution in [-0.2, 0) is 4.74 Å². The first-order chi connectivity index (χ1) is 8.92. The van der Waals surface area contributed by atoms with E-state index < -0.39 is 0 Å². The van der Waals surface area contributed by atoms with Crippen LogP contribution in [0, 0.1) is 0 Å². The molecule has 1 aromatic carbocycles. The Morgan fingerprint density at radius 2 is 1.83 bits per heavy atom. The van der Waals surface area contributed by atoms with Crippen molar-refractivity contribution in [1.82, 2.24) is 4.90 Å². The molecule has 0 saturated carbocycles. The molecule has 0 radical (unpaired) electrons. The quantitative estimate of drug-likeness (QED) is 0.811. The van der Waals surface area contributed by atoms with Crippen LogP contribution in [0.4, 0.5) is 0 Å². The average molecular weight is 245 g/mol. The van der Waals surface area contributed by atoms with E-state index in [4.69, 9.17) is 4.74 Å². The molecule has 3 rings (SSSR count). The highest BCUT2D eigenvalue weighted by Gasteiger charge is 2.24. The molecule has 2 fully saturated rings. The molecule has 2 aliphatic heterocycles. The van der Waals surface area contributed by atoms with Gasteiger partial charge in [-0.05, 0) is 50.3 Å². The largest absolute Gasteiger partial charge is 0.377 e. The summed E-state index contributed by atoms with van der Waals surface area (Å²) in [6, 6.07) is 11.0. The molecule has 0 spiro atoms. The highest BCUT2D eigenvalue weighted by molar-refractivity contribution is 5.20. The summed E-state index contributed by atoms with van der Waals surface area (Å²) in [5.41, 5.74) is 1.52. The van der Waals surface area contributed by atoms with Gasteiger partial charge in [0.15, 0.2) is 0 Å². The van der Waals surface area contributed by atoms with Crippen molar-refractivity contribution in [1.29, 1.82) is 0 Å². The zero-order chi connectivity index (χ0) is 12.2. The third-order valence-corrected chi connectivity index (χ3v) is 4.34. The van der Waals surface area contributed by atoms with Gasteiger partial charge in [-0.2, -0.15) is 0 Å². The van der Waals surface area contributed by atoms with Crippen molar-refractivity contribution in [2.24, 2.45) is 0 Å². The first kappa shape index (κ1) is 12.2. The molecule has 1 unspecified atom stereocenters. The molecule has 1 atom stereocenters. The van der Waals surface area contributed by atoms with Gasteiger partial charge >= 0.3 is 0 Å². The summed E-state index contributed by atoms with van der Waals surface area (Å²) in [5, 5.41) is 0. The summed E-state index contributed by atoms with van der Waals surface area (Å²) >= 11 is 0. The normalized spacial score (nSPS) is 26.6. The van der Waals surface area contributed by atoms with Crippen LogP contribution in [0.1, 0.15) is 37.2 Å². The van der Waals surface area contributed by atoms with Gasteiger partial charge in [-0.3, -0.25) is 0 Å². The number of benzene rings is 1. The topological polar surface area (TPSA) is 12.5 Å². The number of hydrogen-bond donors (Lipinski definition) is 0. The van der Waals surface area contributed by atoms with Crippen LogP contribution >= 0.6 is 0 Å². The molecule has 0 amide bonds. The Morgan fingerprint density at radius 3 is 2.50 bits per heavy atom. The van der Waals surface area contributed by atoms with Gasteiger partial charge in [-0.15, -0.1) is 0 Å². The smallest absolute Gasteiger partial charge is 0.0702 e. The van der Waals surface area contributed by atoms with Crippen LogP contribution in [0.25, 0.3) is 0 Å². The first-order valence-electron chi connectivity index (χ1n) is 7.31. The van der Waals surface area contributed by atoms with E-state index >= 15 is 0 Å². The molecule has 0 aromatic heterocycles. The lowest BCUT2D eigenvalue weighted by Crippen LogP contribution is -2.38. The molecule has 0 bridgehead atoms. The second kappa shape index (κ2) is 5.85. The molecule has 0 aliphatic carbocycles. The van der Waals surface area contributed by atoms with E-state index in [0.29, 0.717) is 6.10 Å². The maximum absolute atomic E-state index is 5.73. The lowest BCUT2D eigenvalue weighted by molar-refractivity contribution is 0.0643. The molecule has 98 valence electrons. The Morgan fingerprint density at radius 1 is 1.06 bits per heavy atom. The van der Waals surface area contributed by atoms with E-state index in [1.165, 1.54) is 44.3 Å². The van der Waals surface area contributed by atoms with Crippen LogP contribution < -0.4 is 0 Å². The number of rotatable bonds is 3. The summed E-state index contributed by atoms with van der Waals surface area (Å²) in [7, 11) is 0. The Hall–Kier alpha value is -0.860. The van der Waals surface area contributed by atoms with E-state index in [1.54, 1.807) is 0 Å². The van der Waals surface area contributed by atoms with Gasteiger partial charge in [0.25, 0.3) is 0 Å². The molecular weight excluding hydrogens is 222 g/mol. The van der Waals surface area contributed by atoms with Crippen molar-refractivity contribution in [3.63, 3.8) is 0 Å². The van der Waals surface area contributed by atoms with Gasteiger partial charge in [0.1, 0.15) is 0 Å². The SMILES string of the molecule is c1ccc(C2CCN(CC3CCCO3)CC2)cc1. The van der Waals surface area contributed by atoms with Crippen molar-refractivity contribution < 1.29 is 4.74 Å². The van der Waals surface area contributed by atoms with Gasteiger partial charge < -0.3 is 9.64 Å². The third kappa shape index (κ3) is 2.93. The van der Waals surface area contributed by atoms with E-state index in [-0.39, 0.29) is 0 Å². The van der Waals surface area contributed by atoms with E-state index in [0.717, 1.165) is 19.1 Å². The fourth-order valence-corrected chi connectivity index (χ4v) is 3.25. The summed E-state index contributed by atoms with van der Waals surface area (Å²) in [4.78, 5) is 2.59. The van der Waals surface area contributed by atoms with Gasteiger partial charge in [-0.1, -0.05) is 30.3 Å². The molecule has 2 saturated heterocycles. The Labute approximate surface area is 110 Å². The predicted octanol–water partition coefficient (Wildman–Crippen LogP) is 3.05. The van der Waals surface area contributed by atoms with Crippen molar-refractivity contribution in [2.45, 2.75) is 37.7 Å². The maximum Gasteiger partial charge on any atom is 0.0702 e. The predicted molar refractivity (Wildman–Crippen MR) is 73.8 cm³/mol. The maximum atomic E-state index is 5.73. The van der Waals surface area contributed by atoms with Gasteiger partial charge in [0, 0.05) is 13.2 Å². The first-order valence-corrected chi connectivity index (χ1v) is 7.31. The summed E-state index contributed by atoms with van der Waals surface area (Å²) in [5.74, 6) is 0.770. The minimum Gasteiger partial charge on any atom is -0.377 e. The summed E-state index contributed by atoms with van der Waals surface area (Å²) in [6.07, 6.45) is 5.63. The van der Waals surface area contributed by atoms with E-state index in [9.17, 15) is 0 Å². The molecule has 2 heterocycles. The number of likely N-dealkylation sites (tertiary alicyclic amines) is 1. The monoisotopic (exact) mass is 245 g/mol. The van der Waals surface area contributed by atoms with Crippen LogP contribution in [0.2, 0.25) is 0 Å². The molecule has 0 N–H and O–H groups in total. The Kier molecular flexibility index (Phi) is 3.96. The van der Waals surface area contributed by atoms with Crippen molar-refractivity contribution in [3.8, 4) is 0 Å². The molecule has 2 aliphatic rings. The minimum atomic E-state index is 0.512. The molecule has 2 heteroatoms. The van der Waals surface area contributed by atoms with Gasteiger partial charge in [0.2, 0.25) is 0 Å². The molecular formula is C16H23NO. The fourth-order valence-electron chi connectivity index (χ4n) is 3.25. The van der Waals surface area contributed by atoms with Crippen molar-refractivity contribution >= 4 is 0 Å². The minimum absolute atomic E-state index is 0.512. The van der Waals surface area contributed by atoms with Crippen LogP contribution in [0.3, 0.4) is 0 Å². The van der Waals surface area contributed by atoms with Gasteiger partial charge in [-0.25, -0.2) is 0 Å². The second-order valence-corrected chi connectivity index (χ2v) is 5.62. The molecule has 18 heavy (non-hydrogen) atoms. The van der Waals surface area contributed by atoms with Crippen LogP contribution in [0.15, 0.2) is 30.3 Å². The van der Waals surface area contributed by atoms with E-state index in [2.05, 4.69) is 35.2 Å². The second-order valence-electron chi connectivity index (χ2n) is 5.62. The van der Waals surface area contributed by atoms with Gasteiger partial charge in [0.05, 0.1) is 6.10 Å². The Bertz CT molecular complexity index is 351. The zero-order valence-electron chi connectivity index (χ0n) is 11.1. The summed E-state index contributed by atoms with van der Waals surface area (Å²) < 4.78 is 5.73. The number of nitrogens with zero attached hydrogens (tertiary/aromatic N) is 1. The number of hydrogen-bond acceptors (Lipinski definition) is 2. The van der Waals surface area contributed by atoms with Crippen LogP contribution in [-0.4, -0.2) is 37.2 Å². The average Bonchev–Trinajstić information content (AvgIpc) is 2.94.